The van der Waals surface area contributed by atoms with E-state index < -0.39 is 5.97 Å². The fraction of sp³-hybridized carbons (Fsp3) is 0.136. The third-order valence-electron chi connectivity index (χ3n) is 4.64. The lowest BCUT2D eigenvalue weighted by Crippen LogP contribution is -2.06. The van der Waals surface area contributed by atoms with Crippen LogP contribution in [0.2, 0.25) is 0 Å². The minimum atomic E-state index is -0.904. The van der Waals surface area contributed by atoms with Crippen LogP contribution in [0.1, 0.15) is 17.0 Å². The van der Waals surface area contributed by atoms with Crippen LogP contribution in [0.25, 0.3) is 16.8 Å². The van der Waals surface area contributed by atoms with Gasteiger partial charge in [-0.3, -0.25) is 9.20 Å². The Morgan fingerprint density at radius 3 is 2.72 bits per heavy atom. The molecule has 2 aromatic heterocycles. The Hall–Kier alpha value is -3.71. The monoisotopic (exact) mass is 388 g/mol. The zero-order chi connectivity index (χ0) is 20.2. The largest absolute Gasteiger partial charge is 0.485 e. The molecule has 29 heavy (non-hydrogen) atoms. The van der Waals surface area contributed by atoms with Crippen LogP contribution in [0.4, 0.5) is 0 Å². The molecule has 0 aliphatic heterocycles. The molecule has 0 aliphatic rings. The number of pyridine rings is 1. The smallest absolute Gasteiger partial charge is 0.307 e. The van der Waals surface area contributed by atoms with Crippen molar-refractivity contribution < 1.29 is 14.6 Å². The van der Waals surface area contributed by atoms with Gasteiger partial charge in [-0.1, -0.05) is 36.4 Å². The molecule has 4 rings (SSSR count). The molecule has 2 aromatic carbocycles. The van der Waals surface area contributed by atoms with Gasteiger partial charge in [0.25, 0.3) is 0 Å². The molecule has 0 fully saturated rings. The summed E-state index contributed by atoms with van der Waals surface area (Å²) in [4.78, 5) is 11.1. The van der Waals surface area contributed by atoms with Crippen LogP contribution in [0, 0.1) is 0 Å². The number of hydrogen-bond donors (Lipinski definition) is 2. The van der Waals surface area contributed by atoms with E-state index in [0.29, 0.717) is 29.3 Å². The molecule has 0 atom stereocenters. The maximum Gasteiger partial charge on any atom is 0.307 e. The maximum atomic E-state index is 11.1. The van der Waals surface area contributed by atoms with Crippen molar-refractivity contribution in [2.24, 2.45) is 5.73 Å². The van der Waals surface area contributed by atoms with Crippen molar-refractivity contribution >= 4 is 11.6 Å². The highest BCUT2D eigenvalue weighted by atomic mass is 16.5. The Labute approximate surface area is 167 Å². The van der Waals surface area contributed by atoms with Crippen molar-refractivity contribution in [2.45, 2.75) is 19.6 Å². The third-order valence-corrected chi connectivity index (χ3v) is 4.64. The minimum absolute atomic E-state index is 0.0988. The fourth-order valence-corrected chi connectivity index (χ4v) is 3.18. The molecule has 0 saturated heterocycles. The number of para-hydroxylation sites is 1. The molecule has 0 radical (unpaired) electrons. The first-order valence-corrected chi connectivity index (χ1v) is 9.19. The lowest BCUT2D eigenvalue weighted by molar-refractivity contribution is -0.136. The summed E-state index contributed by atoms with van der Waals surface area (Å²) in [5.41, 5.74) is 10.2. The Bertz CT molecular complexity index is 1170. The number of nitrogens with zero attached hydrogens (tertiary/aromatic N) is 3. The lowest BCUT2D eigenvalue weighted by Gasteiger charge is -2.10. The number of ether oxygens (including phenoxy) is 1. The predicted molar refractivity (Wildman–Crippen MR) is 108 cm³/mol. The van der Waals surface area contributed by atoms with E-state index in [4.69, 9.17) is 15.6 Å². The van der Waals surface area contributed by atoms with Gasteiger partial charge in [0.1, 0.15) is 12.4 Å². The second-order valence-electron chi connectivity index (χ2n) is 6.63. The molecule has 0 unspecified atom stereocenters. The highest BCUT2D eigenvalue weighted by Crippen LogP contribution is 2.23. The summed E-state index contributed by atoms with van der Waals surface area (Å²) in [6, 6.07) is 19.1. The molecule has 7 nitrogen and oxygen atoms in total. The van der Waals surface area contributed by atoms with Crippen molar-refractivity contribution in [3.05, 3.63) is 83.8 Å². The van der Waals surface area contributed by atoms with Gasteiger partial charge in [-0.2, -0.15) is 0 Å². The number of hydrogen-bond acceptors (Lipinski definition) is 5. The SMILES string of the molecule is NCc1cccc(-c2ccc3nnc(COc4ccccc4CC(=O)O)n3c2)c1. The summed E-state index contributed by atoms with van der Waals surface area (Å²) in [6.45, 7) is 0.654. The van der Waals surface area contributed by atoms with Crippen molar-refractivity contribution in [1.82, 2.24) is 14.6 Å². The predicted octanol–water partition coefficient (Wildman–Crippen LogP) is 3.06. The van der Waals surface area contributed by atoms with E-state index in [1.54, 1.807) is 18.2 Å². The number of carboxylic acid groups (broad SMARTS) is 1. The average molecular weight is 388 g/mol. The van der Waals surface area contributed by atoms with Crippen LogP contribution in [0.5, 0.6) is 5.75 Å². The highest BCUT2D eigenvalue weighted by Gasteiger charge is 2.11. The zero-order valence-electron chi connectivity index (χ0n) is 15.7. The van der Waals surface area contributed by atoms with Gasteiger partial charge in [-0.25, -0.2) is 0 Å². The van der Waals surface area contributed by atoms with Crippen LogP contribution in [-0.2, 0) is 24.4 Å². The van der Waals surface area contributed by atoms with E-state index in [1.807, 2.05) is 47.0 Å². The minimum Gasteiger partial charge on any atom is -0.485 e. The van der Waals surface area contributed by atoms with Gasteiger partial charge in [0.2, 0.25) is 0 Å². The standard InChI is InChI=1S/C22H20N4O3/c23-12-15-4-3-6-16(10-15)18-8-9-20-24-25-21(26(20)13-18)14-29-19-7-2-1-5-17(19)11-22(27)28/h1-10,13H,11-12,14,23H2,(H,27,28). The van der Waals surface area contributed by atoms with E-state index in [0.717, 1.165) is 16.7 Å². The summed E-state index contributed by atoms with van der Waals surface area (Å²) in [5.74, 6) is 0.249. The number of carboxylic acids is 1. The Morgan fingerprint density at radius 2 is 1.90 bits per heavy atom. The molecule has 0 bridgehead atoms. The van der Waals surface area contributed by atoms with Crippen LogP contribution in [0.3, 0.4) is 0 Å². The van der Waals surface area contributed by atoms with Crippen LogP contribution in [0.15, 0.2) is 66.9 Å². The van der Waals surface area contributed by atoms with Gasteiger partial charge in [0, 0.05) is 18.3 Å². The van der Waals surface area contributed by atoms with Gasteiger partial charge in [0.15, 0.2) is 11.5 Å². The highest BCUT2D eigenvalue weighted by molar-refractivity contribution is 5.71. The summed E-state index contributed by atoms with van der Waals surface area (Å²) >= 11 is 0. The van der Waals surface area contributed by atoms with Gasteiger partial charge < -0.3 is 15.6 Å². The normalized spacial score (nSPS) is 10.9. The summed E-state index contributed by atoms with van der Waals surface area (Å²) in [7, 11) is 0. The van der Waals surface area contributed by atoms with Crippen LogP contribution < -0.4 is 10.5 Å². The Balaban J connectivity index is 1.61. The second kappa shape index (κ2) is 8.12. The zero-order valence-corrected chi connectivity index (χ0v) is 15.7. The van der Waals surface area contributed by atoms with Gasteiger partial charge in [0.05, 0.1) is 6.42 Å². The molecule has 0 aliphatic carbocycles. The quantitative estimate of drug-likeness (QED) is 0.504. The summed E-state index contributed by atoms with van der Waals surface area (Å²) in [6.07, 6.45) is 1.87. The first kappa shape index (κ1) is 18.6. The number of aliphatic carboxylic acids is 1. The Kier molecular flexibility index (Phi) is 5.22. The molecular formula is C22H20N4O3. The number of aromatic nitrogens is 3. The Morgan fingerprint density at radius 1 is 1.03 bits per heavy atom. The van der Waals surface area contributed by atoms with E-state index in [9.17, 15) is 4.79 Å². The molecule has 2 heterocycles. The molecule has 0 amide bonds. The summed E-state index contributed by atoms with van der Waals surface area (Å²) in [5, 5.41) is 17.5. The topological polar surface area (TPSA) is 103 Å². The first-order valence-electron chi connectivity index (χ1n) is 9.19. The second-order valence-corrected chi connectivity index (χ2v) is 6.63. The van der Waals surface area contributed by atoms with Gasteiger partial charge in [-0.15, -0.1) is 10.2 Å². The molecule has 4 aromatic rings. The van der Waals surface area contributed by atoms with Crippen molar-refractivity contribution in [3.8, 4) is 16.9 Å². The van der Waals surface area contributed by atoms with Crippen molar-refractivity contribution in [1.29, 1.82) is 0 Å². The number of carbonyl (C=O) groups is 1. The lowest BCUT2D eigenvalue weighted by atomic mass is 10.0. The molecule has 7 heteroatoms. The summed E-state index contributed by atoms with van der Waals surface area (Å²) < 4.78 is 7.75. The van der Waals surface area contributed by atoms with Crippen molar-refractivity contribution in [3.63, 3.8) is 0 Å². The van der Waals surface area contributed by atoms with Gasteiger partial charge >= 0.3 is 5.97 Å². The van der Waals surface area contributed by atoms with E-state index >= 15 is 0 Å². The molecule has 3 N–H and O–H groups in total. The van der Waals surface area contributed by atoms with E-state index in [-0.39, 0.29) is 13.0 Å². The van der Waals surface area contributed by atoms with E-state index in [1.165, 1.54) is 0 Å². The molecule has 0 saturated carbocycles. The van der Waals surface area contributed by atoms with E-state index in [2.05, 4.69) is 16.3 Å². The van der Waals surface area contributed by atoms with Crippen LogP contribution >= 0.6 is 0 Å². The third kappa shape index (κ3) is 4.09. The number of fused-ring (bicyclic) bond motifs is 1. The first-order chi connectivity index (χ1) is 14.1. The van der Waals surface area contributed by atoms with Gasteiger partial charge in [-0.05, 0) is 41.0 Å². The fourth-order valence-electron chi connectivity index (χ4n) is 3.18. The maximum absolute atomic E-state index is 11.1. The number of benzene rings is 2. The number of rotatable bonds is 7. The molecule has 0 spiro atoms. The molecular weight excluding hydrogens is 368 g/mol. The van der Waals surface area contributed by atoms with Crippen molar-refractivity contribution in [2.75, 3.05) is 0 Å². The average Bonchev–Trinajstić information content (AvgIpc) is 3.15. The van der Waals surface area contributed by atoms with Crippen LogP contribution in [-0.4, -0.2) is 25.7 Å². The molecule has 146 valence electrons. The number of nitrogens with two attached hydrogens (primary N) is 1.